The minimum Gasteiger partial charge on any atom is -0.418 e. The van der Waals surface area contributed by atoms with Crippen molar-refractivity contribution in [1.29, 1.82) is 0 Å². The van der Waals surface area contributed by atoms with E-state index in [0.717, 1.165) is 17.9 Å². The van der Waals surface area contributed by atoms with Gasteiger partial charge in [0.1, 0.15) is 13.1 Å². The quantitative estimate of drug-likeness (QED) is 0.307. The van der Waals surface area contributed by atoms with Crippen molar-refractivity contribution in [2.24, 2.45) is 0 Å². The average molecular weight is 219 g/mol. The summed E-state index contributed by atoms with van der Waals surface area (Å²) in [4.78, 5) is 0. The van der Waals surface area contributed by atoms with Crippen molar-refractivity contribution in [3.8, 4) is 0 Å². The molecule has 0 saturated carbocycles. The topological polar surface area (TPSA) is 18.5 Å². The number of halogens is 4. The van der Waals surface area contributed by atoms with Crippen molar-refractivity contribution in [2.45, 2.75) is 0 Å². The molecule has 0 aliphatic carbocycles. The third-order valence-corrected chi connectivity index (χ3v) is 1.66. The maximum Gasteiger partial charge on any atom is 0.673 e. The Morgan fingerprint density at radius 1 is 1.00 bits per heavy atom. The molecule has 0 radical (unpaired) electrons. The summed E-state index contributed by atoms with van der Waals surface area (Å²) in [6, 6.07) is 0. The molecule has 0 aromatic heterocycles. The molecule has 8 heteroatoms. The molecule has 3 nitrogen and oxygen atoms in total. The van der Waals surface area contributed by atoms with Crippen molar-refractivity contribution in [3.63, 3.8) is 0 Å². The molecular weight excluding hydrogens is 205 g/mol. The molecule has 0 bridgehead atoms. The molecule has 1 aliphatic heterocycles. The van der Waals surface area contributed by atoms with Crippen molar-refractivity contribution < 1.29 is 31.2 Å². The van der Waals surface area contributed by atoms with Gasteiger partial charge in [-0.2, -0.15) is 0 Å². The van der Waals surface area contributed by atoms with Crippen molar-refractivity contribution in [3.05, 3.63) is 0 Å². The normalized spacial score (nSPS) is 18.4. The van der Waals surface area contributed by atoms with Crippen LogP contribution < -0.4 is 0 Å². The van der Waals surface area contributed by atoms with Crippen molar-refractivity contribution in [1.82, 2.24) is 0 Å². The van der Waals surface area contributed by atoms with Crippen LogP contribution in [0.2, 0.25) is 0 Å². The highest BCUT2D eigenvalue weighted by Crippen LogP contribution is 2.19. The van der Waals surface area contributed by atoms with Gasteiger partial charge in [-0.1, -0.05) is 0 Å². The van der Waals surface area contributed by atoms with Crippen molar-refractivity contribution >= 4 is 7.25 Å². The van der Waals surface area contributed by atoms with E-state index >= 15 is 0 Å². The van der Waals surface area contributed by atoms with Crippen LogP contribution in [-0.4, -0.2) is 52.5 Å². The highest BCUT2D eigenvalue weighted by Gasteiger charge is 2.41. The van der Waals surface area contributed by atoms with E-state index in [4.69, 9.17) is 9.47 Å². The van der Waals surface area contributed by atoms with Crippen LogP contribution in [0, 0.1) is 0 Å². The Morgan fingerprint density at radius 2 is 1.29 bits per heavy atom. The zero-order valence-corrected chi connectivity index (χ0v) is 8.18. The van der Waals surface area contributed by atoms with Gasteiger partial charge >= 0.3 is 7.25 Å². The van der Waals surface area contributed by atoms with Crippen LogP contribution in [0.1, 0.15) is 0 Å². The number of hydrogen-bond donors (Lipinski definition) is 0. The van der Waals surface area contributed by atoms with Gasteiger partial charge in [-0.3, -0.25) is 4.48 Å². The fourth-order valence-electron chi connectivity index (χ4n) is 0.985. The van der Waals surface area contributed by atoms with Gasteiger partial charge < -0.3 is 26.7 Å². The van der Waals surface area contributed by atoms with Crippen LogP contribution in [0.15, 0.2) is 0 Å². The summed E-state index contributed by atoms with van der Waals surface area (Å²) in [6.07, 6.45) is 0. The lowest BCUT2D eigenvalue weighted by Crippen LogP contribution is -2.30. The average Bonchev–Trinajstić information content (AvgIpc) is 2.66. The van der Waals surface area contributed by atoms with Gasteiger partial charge in [0.2, 0.25) is 0 Å². The van der Waals surface area contributed by atoms with Crippen molar-refractivity contribution in [2.75, 3.05) is 40.8 Å². The van der Waals surface area contributed by atoms with Gasteiger partial charge in [0, 0.05) is 14.2 Å². The van der Waals surface area contributed by atoms with E-state index in [1.54, 1.807) is 14.2 Å². The number of quaternary nitrogens is 1. The number of rotatable bonds is 4. The Labute approximate surface area is 80.3 Å². The van der Waals surface area contributed by atoms with E-state index in [0.29, 0.717) is 0 Å². The first-order chi connectivity index (χ1) is 6.33. The molecule has 0 unspecified atom stereocenters. The maximum atomic E-state index is 9.75. The largest absolute Gasteiger partial charge is 0.673 e. The van der Waals surface area contributed by atoms with E-state index in [1.807, 2.05) is 0 Å². The van der Waals surface area contributed by atoms with Crippen LogP contribution in [-0.2, 0) is 9.47 Å². The van der Waals surface area contributed by atoms with Crippen LogP contribution in [0.4, 0.5) is 17.3 Å². The lowest BCUT2D eigenvalue weighted by Gasteiger charge is -2.14. The zero-order chi connectivity index (χ0) is 11.2. The third-order valence-electron chi connectivity index (χ3n) is 1.66. The molecule has 1 fully saturated rings. The van der Waals surface area contributed by atoms with Gasteiger partial charge in [-0.15, -0.1) is 0 Å². The van der Waals surface area contributed by atoms with Gasteiger partial charge in [-0.25, -0.2) is 0 Å². The first-order valence-corrected chi connectivity index (χ1v) is 4.03. The molecule has 0 aromatic rings. The van der Waals surface area contributed by atoms with E-state index in [-0.39, 0.29) is 0 Å². The molecule has 0 atom stereocenters. The second kappa shape index (κ2) is 5.52. The standard InChI is InChI=1S/C6H14NO2.BF4/c1-8-5-7(3-4-7)6-9-2;2-1(3,4)5/h3-6H2,1-2H3;/q+1;-1. The Balaban J connectivity index is 0.000000292. The SMILES string of the molecule is COC[N+]1(COC)CC1.F[B-](F)(F)F. The van der Waals surface area contributed by atoms with E-state index in [1.165, 1.54) is 13.1 Å². The van der Waals surface area contributed by atoms with Gasteiger partial charge in [0.05, 0.1) is 0 Å². The van der Waals surface area contributed by atoms with E-state index in [2.05, 4.69) is 0 Å². The smallest absolute Gasteiger partial charge is 0.418 e. The predicted molar refractivity (Wildman–Crippen MR) is 43.9 cm³/mol. The number of ether oxygens (including phenoxy) is 2. The highest BCUT2D eigenvalue weighted by atomic mass is 19.5. The van der Waals surface area contributed by atoms with E-state index in [9.17, 15) is 17.3 Å². The first-order valence-electron chi connectivity index (χ1n) is 4.03. The lowest BCUT2D eigenvalue weighted by atomic mass is 10.3. The molecule has 0 spiro atoms. The monoisotopic (exact) mass is 219 g/mol. The second-order valence-corrected chi connectivity index (χ2v) is 3.12. The number of nitrogens with zero attached hydrogens (tertiary/aromatic N) is 1. The summed E-state index contributed by atoms with van der Waals surface area (Å²) in [6.45, 7) is 4.02. The van der Waals surface area contributed by atoms with Crippen LogP contribution in [0.3, 0.4) is 0 Å². The fourth-order valence-corrected chi connectivity index (χ4v) is 0.985. The maximum absolute atomic E-state index is 9.75. The Bertz CT molecular complexity index is 148. The molecule has 1 saturated heterocycles. The fraction of sp³-hybridized carbons (Fsp3) is 1.00. The van der Waals surface area contributed by atoms with Crippen LogP contribution in [0.25, 0.3) is 0 Å². The molecule has 0 N–H and O–H groups in total. The molecule has 1 rings (SSSR count). The first kappa shape index (κ1) is 13.7. The Kier molecular flexibility index (Phi) is 5.39. The minimum atomic E-state index is -6.00. The summed E-state index contributed by atoms with van der Waals surface area (Å²) >= 11 is 0. The van der Waals surface area contributed by atoms with Crippen LogP contribution >= 0.6 is 0 Å². The summed E-state index contributed by atoms with van der Waals surface area (Å²) < 4.78 is 50.0. The summed E-state index contributed by atoms with van der Waals surface area (Å²) in [5.41, 5.74) is 0. The van der Waals surface area contributed by atoms with Gasteiger partial charge in [0.15, 0.2) is 13.5 Å². The molecular formula is C6H14BF4NO2. The molecule has 1 aliphatic rings. The zero-order valence-electron chi connectivity index (χ0n) is 8.18. The summed E-state index contributed by atoms with van der Waals surface area (Å²) in [5.74, 6) is 0. The minimum absolute atomic E-state index is 0.799. The van der Waals surface area contributed by atoms with Crippen LogP contribution in [0.5, 0.6) is 0 Å². The predicted octanol–water partition coefficient (Wildman–Crippen LogP) is 1.32. The highest BCUT2D eigenvalue weighted by molar-refractivity contribution is 6.50. The molecule has 1 heterocycles. The van der Waals surface area contributed by atoms with E-state index < -0.39 is 7.25 Å². The van der Waals surface area contributed by atoms with Gasteiger partial charge in [-0.05, 0) is 0 Å². The lowest BCUT2D eigenvalue weighted by molar-refractivity contribution is -0.843. The number of hydrogen-bond acceptors (Lipinski definition) is 2. The Morgan fingerprint density at radius 3 is 1.43 bits per heavy atom. The Hall–Kier alpha value is -0.335. The molecule has 0 aromatic carbocycles. The van der Waals surface area contributed by atoms with Gasteiger partial charge in [0.25, 0.3) is 0 Å². The number of methoxy groups -OCH3 is 2. The second-order valence-electron chi connectivity index (χ2n) is 3.12. The third kappa shape index (κ3) is 8.27. The molecule has 0 amide bonds. The summed E-state index contributed by atoms with van der Waals surface area (Å²) in [7, 11) is -2.54. The summed E-state index contributed by atoms with van der Waals surface area (Å²) in [5, 5.41) is 0. The molecule has 86 valence electrons. The molecule has 14 heavy (non-hydrogen) atoms.